The molecule has 0 radical (unpaired) electrons. The molecule has 144 valence electrons. The third-order valence-corrected chi connectivity index (χ3v) is 5.89. The minimum atomic E-state index is -1.05. The summed E-state index contributed by atoms with van der Waals surface area (Å²) >= 11 is 1.59. The number of carbonyl (C=O) groups is 1. The molecule has 0 atom stereocenters. The van der Waals surface area contributed by atoms with Crippen molar-refractivity contribution in [2.75, 3.05) is 31.2 Å². The lowest BCUT2D eigenvalue weighted by Crippen LogP contribution is -2.36. The zero-order chi connectivity index (χ0) is 19.3. The minimum absolute atomic E-state index is 0.0202. The van der Waals surface area contributed by atoms with Crippen molar-refractivity contribution in [3.8, 4) is 0 Å². The van der Waals surface area contributed by atoms with Gasteiger partial charge in [0.2, 0.25) is 0 Å². The van der Waals surface area contributed by atoms with Gasteiger partial charge >= 0.3 is 0 Å². The van der Waals surface area contributed by atoms with E-state index in [0.717, 1.165) is 52.7 Å². The molecule has 0 bridgehead atoms. The van der Waals surface area contributed by atoms with Crippen LogP contribution < -0.4 is 10.0 Å². The molecule has 3 aromatic rings. The van der Waals surface area contributed by atoms with Gasteiger partial charge < -0.3 is 19.5 Å². The lowest BCUT2D eigenvalue weighted by Gasteiger charge is -2.28. The quantitative estimate of drug-likeness (QED) is 0.643. The number of rotatable bonds is 6. The average molecular weight is 393 g/mol. The Morgan fingerprint density at radius 1 is 1.11 bits per heavy atom. The second-order valence-electron chi connectivity index (χ2n) is 6.72. The van der Waals surface area contributed by atoms with Crippen LogP contribution in [0, 0.1) is 0 Å². The third kappa shape index (κ3) is 4.40. The van der Waals surface area contributed by atoms with Gasteiger partial charge in [-0.15, -0.1) is 11.3 Å². The van der Waals surface area contributed by atoms with Gasteiger partial charge in [-0.3, -0.25) is 0 Å². The maximum atomic E-state index is 11.0. The van der Waals surface area contributed by atoms with Gasteiger partial charge in [-0.1, -0.05) is 24.3 Å². The van der Waals surface area contributed by atoms with Crippen molar-refractivity contribution in [2.24, 2.45) is 0 Å². The Labute approximate surface area is 167 Å². The molecule has 0 aliphatic carbocycles. The first-order valence-electron chi connectivity index (χ1n) is 9.38. The van der Waals surface area contributed by atoms with Crippen LogP contribution in [0.3, 0.4) is 0 Å². The number of hydrogen-bond acceptors (Lipinski definition) is 6. The van der Waals surface area contributed by atoms with Crippen molar-refractivity contribution >= 4 is 44.9 Å². The van der Waals surface area contributed by atoms with Crippen LogP contribution in [-0.4, -0.2) is 37.3 Å². The fraction of sp³-hybridized carbons (Fsp3) is 0.273. The van der Waals surface area contributed by atoms with E-state index in [1.807, 2.05) is 30.3 Å². The van der Waals surface area contributed by atoms with E-state index in [4.69, 9.17) is 9.72 Å². The molecule has 28 heavy (non-hydrogen) atoms. The predicted octanol–water partition coefficient (Wildman–Crippen LogP) is 3.20. The topological polar surface area (TPSA) is 65.5 Å². The molecule has 0 spiro atoms. The van der Waals surface area contributed by atoms with Gasteiger partial charge in [0.05, 0.1) is 23.4 Å². The minimum Gasteiger partial charge on any atom is -0.550 e. The fourth-order valence-electron chi connectivity index (χ4n) is 3.29. The Morgan fingerprint density at radius 3 is 2.57 bits per heavy atom. The Hall–Kier alpha value is -2.70. The van der Waals surface area contributed by atoms with Gasteiger partial charge in [0, 0.05) is 24.7 Å². The summed E-state index contributed by atoms with van der Waals surface area (Å²) < 4.78 is 6.50. The van der Waals surface area contributed by atoms with E-state index in [-0.39, 0.29) is 6.42 Å². The van der Waals surface area contributed by atoms with Crippen LogP contribution in [0.15, 0.2) is 48.5 Å². The van der Waals surface area contributed by atoms with Crippen LogP contribution in [0.1, 0.15) is 23.4 Å². The standard InChI is InChI=1S/C22H22N2O3S/c25-21(26)10-7-17(22-23-19-3-1-2-4-20(19)28-22)15-16-5-8-18(9-6-16)24-11-13-27-14-12-24/h1-6,8-9,15H,7,10-14H2,(H,25,26)/p-1/b17-15+. The highest BCUT2D eigenvalue weighted by Crippen LogP contribution is 2.31. The van der Waals surface area contributed by atoms with Crippen molar-refractivity contribution in [1.29, 1.82) is 0 Å². The molecule has 2 heterocycles. The van der Waals surface area contributed by atoms with Crippen molar-refractivity contribution in [1.82, 2.24) is 4.98 Å². The number of para-hydroxylation sites is 1. The lowest BCUT2D eigenvalue weighted by atomic mass is 10.1. The van der Waals surface area contributed by atoms with E-state index < -0.39 is 5.97 Å². The molecule has 4 rings (SSSR count). The number of aliphatic carboxylic acids is 1. The molecule has 5 nitrogen and oxygen atoms in total. The first-order chi connectivity index (χ1) is 13.7. The van der Waals surface area contributed by atoms with E-state index in [1.54, 1.807) is 11.3 Å². The number of carbonyl (C=O) groups excluding carboxylic acids is 1. The molecule has 1 fully saturated rings. The largest absolute Gasteiger partial charge is 0.550 e. The molecule has 2 aromatic carbocycles. The highest BCUT2D eigenvalue weighted by Gasteiger charge is 2.12. The Kier molecular flexibility index (Phi) is 5.69. The molecule has 6 heteroatoms. The van der Waals surface area contributed by atoms with Gasteiger partial charge in [-0.05, 0) is 54.3 Å². The van der Waals surface area contributed by atoms with Crippen molar-refractivity contribution in [2.45, 2.75) is 12.8 Å². The number of fused-ring (bicyclic) bond motifs is 1. The summed E-state index contributed by atoms with van der Waals surface area (Å²) in [6, 6.07) is 16.3. The SMILES string of the molecule is O=C([O-])CC/C(=C\c1ccc(N2CCOCC2)cc1)c1nc2ccccc2s1. The van der Waals surface area contributed by atoms with E-state index >= 15 is 0 Å². The van der Waals surface area contributed by atoms with Crippen LogP contribution in [0.25, 0.3) is 21.9 Å². The monoisotopic (exact) mass is 393 g/mol. The number of thiazole rings is 1. The number of allylic oxidation sites excluding steroid dienone is 1. The van der Waals surface area contributed by atoms with Crippen LogP contribution in [0.5, 0.6) is 0 Å². The molecule has 1 saturated heterocycles. The summed E-state index contributed by atoms with van der Waals surface area (Å²) in [6.07, 6.45) is 2.41. The number of morpholine rings is 1. The zero-order valence-corrected chi connectivity index (χ0v) is 16.3. The number of nitrogens with zero attached hydrogens (tertiary/aromatic N) is 2. The molecular weight excluding hydrogens is 372 g/mol. The number of ether oxygens (including phenoxy) is 1. The van der Waals surface area contributed by atoms with Crippen LogP contribution in [0.2, 0.25) is 0 Å². The Bertz CT molecular complexity index is 955. The number of carboxylic acids is 1. The highest BCUT2D eigenvalue weighted by atomic mass is 32.1. The average Bonchev–Trinajstić information content (AvgIpc) is 3.16. The van der Waals surface area contributed by atoms with E-state index in [0.29, 0.717) is 6.42 Å². The fourth-order valence-corrected chi connectivity index (χ4v) is 4.30. The highest BCUT2D eigenvalue weighted by molar-refractivity contribution is 7.19. The summed E-state index contributed by atoms with van der Waals surface area (Å²) in [7, 11) is 0. The molecule has 0 amide bonds. The van der Waals surface area contributed by atoms with E-state index in [2.05, 4.69) is 29.2 Å². The number of benzene rings is 2. The summed E-state index contributed by atoms with van der Waals surface area (Å²) in [6.45, 7) is 3.31. The van der Waals surface area contributed by atoms with Crippen LogP contribution >= 0.6 is 11.3 Å². The summed E-state index contributed by atoms with van der Waals surface area (Å²) in [5.74, 6) is -1.05. The van der Waals surface area contributed by atoms with Gasteiger partial charge in [0.25, 0.3) is 0 Å². The number of anilines is 1. The summed E-state index contributed by atoms with van der Waals surface area (Å²) in [5, 5.41) is 11.9. The first-order valence-corrected chi connectivity index (χ1v) is 10.2. The summed E-state index contributed by atoms with van der Waals surface area (Å²) in [5.41, 5.74) is 4.07. The third-order valence-electron chi connectivity index (χ3n) is 4.78. The van der Waals surface area contributed by atoms with Crippen molar-refractivity contribution in [3.05, 3.63) is 59.1 Å². The second-order valence-corrected chi connectivity index (χ2v) is 7.75. The first kappa shape index (κ1) is 18.7. The second kappa shape index (κ2) is 8.54. The van der Waals surface area contributed by atoms with Crippen molar-refractivity contribution in [3.63, 3.8) is 0 Å². The smallest absolute Gasteiger partial charge is 0.120 e. The van der Waals surface area contributed by atoms with Crippen molar-refractivity contribution < 1.29 is 14.6 Å². The van der Waals surface area contributed by atoms with Gasteiger partial charge in [-0.25, -0.2) is 4.98 Å². The molecule has 1 aliphatic heterocycles. The van der Waals surface area contributed by atoms with Gasteiger partial charge in [0.1, 0.15) is 5.01 Å². The van der Waals surface area contributed by atoms with Crippen LogP contribution in [-0.2, 0) is 9.53 Å². The predicted molar refractivity (Wildman–Crippen MR) is 111 cm³/mol. The maximum absolute atomic E-state index is 11.0. The molecule has 0 N–H and O–H groups in total. The van der Waals surface area contributed by atoms with Gasteiger partial charge in [-0.2, -0.15) is 0 Å². The lowest BCUT2D eigenvalue weighted by molar-refractivity contribution is -0.305. The van der Waals surface area contributed by atoms with E-state index in [9.17, 15) is 9.90 Å². The molecule has 1 aromatic heterocycles. The maximum Gasteiger partial charge on any atom is 0.120 e. The number of carboxylic acid groups (broad SMARTS) is 1. The van der Waals surface area contributed by atoms with E-state index in [1.165, 1.54) is 5.69 Å². The Balaban J connectivity index is 1.61. The molecule has 0 unspecified atom stereocenters. The molecular formula is C22H21N2O3S-. The molecule has 0 saturated carbocycles. The normalized spacial score (nSPS) is 15.1. The zero-order valence-electron chi connectivity index (χ0n) is 15.5. The molecule has 1 aliphatic rings. The van der Waals surface area contributed by atoms with Crippen LogP contribution in [0.4, 0.5) is 5.69 Å². The van der Waals surface area contributed by atoms with Gasteiger partial charge in [0.15, 0.2) is 0 Å². The Morgan fingerprint density at radius 2 is 1.86 bits per heavy atom. The summed E-state index contributed by atoms with van der Waals surface area (Å²) in [4.78, 5) is 18.0. The number of aromatic nitrogens is 1. The number of hydrogen-bond donors (Lipinski definition) is 0.